The Hall–Kier alpha value is -1.75. The Labute approximate surface area is 109 Å². The highest BCUT2D eigenvalue weighted by Gasteiger charge is 2.16. The van der Waals surface area contributed by atoms with Gasteiger partial charge in [-0.2, -0.15) is 11.8 Å². The van der Waals surface area contributed by atoms with Crippen LogP contribution in [0.3, 0.4) is 0 Å². The van der Waals surface area contributed by atoms with Gasteiger partial charge in [0.25, 0.3) is 0 Å². The van der Waals surface area contributed by atoms with Crippen LogP contribution in [0.2, 0.25) is 0 Å². The number of aromatic nitrogens is 1. The number of para-hydroxylation sites is 1. The Morgan fingerprint density at radius 3 is 2.94 bits per heavy atom. The van der Waals surface area contributed by atoms with Crippen molar-refractivity contribution in [1.29, 1.82) is 0 Å². The minimum atomic E-state index is -0.993. The van der Waals surface area contributed by atoms with Crippen molar-refractivity contribution < 1.29 is 14.6 Å². The summed E-state index contributed by atoms with van der Waals surface area (Å²) in [5.41, 5.74) is 0.841. The maximum atomic E-state index is 11.4. The van der Waals surface area contributed by atoms with Gasteiger partial charge < -0.3 is 9.84 Å². The Morgan fingerprint density at radius 2 is 2.22 bits per heavy atom. The highest BCUT2D eigenvalue weighted by molar-refractivity contribution is 7.98. The molecule has 2 rings (SSSR count). The first-order valence-corrected chi connectivity index (χ1v) is 6.86. The van der Waals surface area contributed by atoms with Crippen LogP contribution in [0.5, 0.6) is 5.75 Å². The van der Waals surface area contributed by atoms with Crippen LogP contribution < -0.4 is 4.74 Å². The fourth-order valence-corrected chi connectivity index (χ4v) is 1.94. The first kappa shape index (κ1) is 12.7. The van der Waals surface area contributed by atoms with Gasteiger partial charge in [-0.05, 0) is 12.3 Å². The number of ether oxygens (including phenoxy) is 1. The van der Waals surface area contributed by atoms with Gasteiger partial charge in [0.1, 0.15) is 5.56 Å². The smallest absolute Gasteiger partial charge is 0.340 e. The Balaban J connectivity index is 2.46. The normalized spacial score (nSPS) is 10.5. The first-order valence-electron chi connectivity index (χ1n) is 5.47. The largest absolute Gasteiger partial charge is 0.490 e. The summed E-state index contributed by atoms with van der Waals surface area (Å²) in [6, 6.07) is 7.15. The van der Waals surface area contributed by atoms with E-state index in [9.17, 15) is 9.90 Å². The van der Waals surface area contributed by atoms with E-state index in [4.69, 9.17) is 4.74 Å². The molecule has 1 heterocycles. The van der Waals surface area contributed by atoms with Crippen LogP contribution in [0.1, 0.15) is 10.4 Å². The summed E-state index contributed by atoms with van der Waals surface area (Å²) in [5, 5.41) is 9.91. The number of aromatic carboxylic acids is 1. The van der Waals surface area contributed by atoms with Crippen LogP contribution in [0.4, 0.5) is 0 Å². The number of hydrogen-bond donors (Lipinski definition) is 1. The molecule has 1 aromatic carbocycles. The van der Waals surface area contributed by atoms with E-state index in [2.05, 4.69) is 4.98 Å². The van der Waals surface area contributed by atoms with E-state index in [0.29, 0.717) is 23.3 Å². The van der Waals surface area contributed by atoms with E-state index >= 15 is 0 Å². The number of carboxylic acids is 1. The van der Waals surface area contributed by atoms with Gasteiger partial charge in [0.15, 0.2) is 5.75 Å². The maximum absolute atomic E-state index is 11.4. The number of fused-ring (bicyclic) bond motifs is 1. The zero-order chi connectivity index (χ0) is 13.0. The zero-order valence-corrected chi connectivity index (χ0v) is 10.7. The lowest BCUT2D eigenvalue weighted by Gasteiger charge is -2.10. The van der Waals surface area contributed by atoms with E-state index in [1.54, 1.807) is 30.0 Å². The molecule has 0 aliphatic rings. The highest BCUT2D eigenvalue weighted by atomic mass is 32.2. The van der Waals surface area contributed by atoms with Crippen molar-refractivity contribution >= 4 is 28.6 Å². The van der Waals surface area contributed by atoms with Crippen molar-refractivity contribution in [2.24, 2.45) is 0 Å². The maximum Gasteiger partial charge on any atom is 0.340 e. The standard InChI is InChI=1S/C13H13NO3S/c1-18-7-6-17-11-8-14-10-5-3-2-4-9(10)12(11)13(15)16/h2-5,8H,6-7H2,1H3,(H,15,16). The molecular weight excluding hydrogens is 250 g/mol. The van der Waals surface area contributed by atoms with Crippen LogP contribution in [0.15, 0.2) is 30.5 Å². The van der Waals surface area contributed by atoms with Crippen LogP contribution in [0, 0.1) is 0 Å². The lowest BCUT2D eigenvalue weighted by Crippen LogP contribution is -2.07. The molecule has 94 valence electrons. The van der Waals surface area contributed by atoms with E-state index < -0.39 is 5.97 Å². The quantitative estimate of drug-likeness (QED) is 0.840. The second-order valence-corrected chi connectivity index (χ2v) is 4.65. The van der Waals surface area contributed by atoms with Crippen LogP contribution in [-0.2, 0) is 0 Å². The van der Waals surface area contributed by atoms with E-state index in [0.717, 1.165) is 5.75 Å². The molecule has 0 spiro atoms. The minimum absolute atomic E-state index is 0.182. The number of rotatable bonds is 5. The lowest BCUT2D eigenvalue weighted by molar-refractivity contribution is 0.0695. The third kappa shape index (κ3) is 2.56. The molecule has 1 aromatic heterocycles. The molecule has 18 heavy (non-hydrogen) atoms. The summed E-state index contributed by atoms with van der Waals surface area (Å²) in [6.07, 6.45) is 3.45. The summed E-state index contributed by atoms with van der Waals surface area (Å²) in [6.45, 7) is 0.474. The van der Waals surface area contributed by atoms with Gasteiger partial charge in [-0.15, -0.1) is 0 Å². The Morgan fingerprint density at radius 1 is 1.44 bits per heavy atom. The average Bonchev–Trinajstić information content (AvgIpc) is 2.38. The average molecular weight is 263 g/mol. The second-order valence-electron chi connectivity index (χ2n) is 3.66. The molecule has 0 saturated heterocycles. The predicted molar refractivity (Wildman–Crippen MR) is 72.6 cm³/mol. The molecule has 2 aromatic rings. The van der Waals surface area contributed by atoms with Crippen molar-refractivity contribution in [3.63, 3.8) is 0 Å². The Kier molecular flexibility index (Phi) is 4.04. The van der Waals surface area contributed by atoms with Crippen LogP contribution >= 0.6 is 11.8 Å². The minimum Gasteiger partial charge on any atom is -0.490 e. The van der Waals surface area contributed by atoms with Crippen molar-refractivity contribution in [3.8, 4) is 5.75 Å². The molecule has 0 unspecified atom stereocenters. The van der Waals surface area contributed by atoms with Crippen molar-refractivity contribution in [2.75, 3.05) is 18.6 Å². The van der Waals surface area contributed by atoms with Gasteiger partial charge in [-0.3, -0.25) is 4.98 Å². The highest BCUT2D eigenvalue weighted by Crippen LogP contribution is 2.26. The number of carboxylic acid groups (broad SMARTS) is 1. The number of hydrogen-bond acceptors (Lipinski definition) is 4. The molecule has 0 saturated carbocycles. The van der Waals surface area contributed by atoms with E-state index in [1.807, 2.05) is 12.3 Å². The summed E-state index contributed by atoms with van der Waals surface area (Å²) in [7, 11) is 0. The van der Waals surface area contributed by atoms with Gasteiger partial charge in [-0.25, -0.2) is 4.79 Å². The SMILES string of the molecule is CSCCOc1cnc2ccccc2c1C(=O)O. The van der Waals surface area contributed by atoms with E-state index in [1.165, 1.54) is 6.20 Å². The molecule has 4 nitrogen and oxygen atoms in total. The van der Waals surface area contributed by atoms with Crippen molar-refractivity contribution in [3.05, 3.63) is 36.0 Å². The second kappa shape index (κ2) is 5.73. The lowest BCUT2D eigenvalue weighted by atomic mass is 10.1. The molecular formula is C13H13NO3S. The first-order chi connectivity index (χ1) is 8.74. The van der Waals surface area contributed by atoms with Gasteiger partial charge in [0.2, 0.25) is 0 Å². The van der Waals surface area contributed by atoms with E-state index in [-0.39, 0.29) is 5.56 Å². The summed E-state index contributed by atoms with van der Waals surface area (Å²) in [4.78, 5) is 15.6. The third-order valence-corrected chi connectivity index (χ3v) is 3.07. The molecule has 5 heteroatoms. The fraction of sp³-hybridized carbons (Fsp3) is 0.231. The molecule has 0 aliphatic carbocycles. The fourth-order valence-electron chi connectivity index (χ4n) is 1.69. The summed E-state index contributed by atoms with van der Waals surface area (Å²) >= 11 is 1.65. The van der Waals surface area contributed by atoms with Crippen LogP contribution in [-0.4, -0.2) is 34.7 Å². The molecule has 0 radical (unpaired) electrons. The number of thioether (sulfide) groups is 1. The topological polar surface area (TPSA) is 59.4 Å². The number of pyridine rings is 1. The van der Waals surface area contributed by atoms with Crippen molar-refractivity contribution in [1.82, 2.24) is 4.98 Å². The molecule has 0 atom stereocenters. The number of nitrogens with zero attached hydrogens (tertiary/aromatic N) is 1. The summed E-state index contributed by atoms with van der Waals surface area (Å²) in [5.74, 6) is 0.148. The predicted octanol–water partition coefficient (Wildman–Crippen LogP) is 2.67. The molecule has 0 amide bonds. The number of carbonyl (C=O) groups is 1. The van der Waals surface area contributed by atoms with Gasteiger partial charge >= 0.3 is 5.97 Å². The van der Waals surface area contributed by atoms with Gasteiger partial charge in [0.05, 0.1) is 18.3 Å². The van der Waals surface area contributed by atoms with Gasteiger partial charge in [0, 0.05) is 11.1 Å². The zero-order valence-electron chi connectivity index (χ0n) is 9.92. The monoisotopic (exact) mass is 263 g/mol. The summed E-state index contributed by atoms with van der Waals surface area (Å²) < 4.78 is 5.48. The molecule has 0 bridgehead atoms. The van der Waals surface area contributed by atoms with Crippen LogP contribution in [0.25, 0.3) is 10.9 Å². The molecule has 0 fully saturated rings. The van der Waals surface area contributed by atoms with Gasteiger partial charge in [-0.1, -0.05) is 18.2 Å². The Bertz CT molecular complexity index is 571. The third-order valence-electron chi connectivity index (χ3n) is 2.50. The number of benzene rings is 1. The molecule has 1 N–H and O–H groups in total. The van der Waals surface area contributed by atoms with Crippen molar-refractivity contribution in [2.45, 2.75) is 0 Å². The molecule has 0 aliphatic heterocycles.